The van der Waals surface area contributed by atoms with E-state index in [1.807, 2.05) is 24.3 Å². The average Bonchev–Trinajstić information content (AvgIpc) is 4.04. The summed E-state index contributed by atoms with van der Waals surface area (Å²) in [6.45, 7) is 0. The topological polar surface area (TPSA) is 74.3 Å². The fourth-order valence-corrected chi connectivity index (χ4v) is 9.43. The van der Waals surface area contributed by atoms with Crippen LogP contribution in [0.5, 0.6) is 0 Å². The molecular weight excluding hydrogens is 767 g/mol. The molecule has 0 spiro atoms. The minimum absolute atomic E-state index is 0.592. The molecule has 4 aromatic heterocycles. The van der Waals surface area contributed by atoms with Gasteiger partial charge in [-0.2, -0.15) is 0 Å². The molecule has 0 unspecified atom stereocenters. The third kappa shape index (κ3) is 6.08. The minimum Gasteiger partial charge on any atom is -0.292 e. The summed E-state index contributed by atoms with van der Waals surface area (Å²) < 4.78 is 6.88. The molecule has 0 amide bonds. The highest BCUT2D eigenvalue weighted by atomic mass is 32.1. The van der Waals surface area contributed by atoms with Crippen molar-refractivity contribution in [2.45, 2.75) is 0 Å². The molecule has 7 nitrogen and oxygen atoms in total. The highest BCUT2D eigenvalue weighted by molar-refractivity contribution is 7.25. The Hall–Kier alpha value is -8.07. The SMILES string of the molecule is c1ccc(-n2c(-c3ccc(-c4nc(-c5ccc(-c6nc7ccccc7n6-c6ccccc6)cc5)nc(-c5ccc6c(c5)sc5ccccc56)n4)cc3)nc3ccccc32)cc1. The van der Waals surface area contributed by atoms with Crippen LogP contribution in [0.2, 0.25) is 0 Å². The summed E-state index contributed by atoms with van der Waals surface area (Å²) in [6, 6.07) is 69.1. The lowest BCUT2D eigenvalue weighted by Gasteiger charge is -2.12. The Morgan fingerprint density at radius 2 is 0.721 bits per heavy atom. The predicted octanol–water partition coefficient (Wildman–Crippen LogP) is 13.3. The van der Waals surface area contributed by atoms with Crippen LogP contribution < -0.4 is 0 Å². The van der Waals surface area contributed by atoms with E-state index in [1.165, 1.54) is 20.2 Å². The molecule has 12 rings (SSSR count). The van der Waals surface area contributed by atoms with Gasteiger partial charge in [0.2, 0.25) is 0 Å². The van der Waals surface area contributed by atoms with Crippen LogP contribution in [0.1, 0.15) is 0 Å². The van der Waals surface area contributed by atoms with E-state index in [2.05, 4.69) is 185 Å². The van der Waals surface area contributed by atoms with E-state index >= 15 is 0 Å². The van der Waals surface area contributed by atoms with Crippen molar-refractivity contribution in [3.05, 3.63) is 200 Å². The van der Waals surface area contributed by atoms with E-state index in [1.54, 1.807) is 11.3 Å². The first-order valence-corrected chi connectivity index (χ1v) is 21.0. The van der Waals surface area contributed by atoms with E-state index in [9.17, 15) is 0 Å². The molecule has 0 radical (unpaired) electrons. The molecule has 0 saturated heterocycles. The molecule has 61 heavy (non-hydrogen) atoms. The Morgan fingerprint density at radius 1 is 0.311 bits per heavy atom. The van der Waals surface area contributed by atoms with Gasteiger partial charge >= 0.3 is 0 Å². The summed E-state index contributed by atoms with van der Waals surface area (Å²) in [5.74, 6) is 3.54. The molecule has 286 valence electrons. The first kappa shape index (κ1) is 34.9. The van der Waals surface area contributed by atoms with Crippen molar-refractivity contribution in [1.29, 1.82) is 0 Å². The zero-order chi connectivity index (χ0) is 40.3. The maximum Gasteiger partial charge on any atom is 0.164 e. The van der Waals surface area contributed by atoms with Gasteiger partial charge in [-0.15, -0.1) is 11.3 Å². The van der Waals surface area contributed by atoms with Crippen LogP contribution in [0.3, 0.4) is 0 Å². The van der Waals surface area contributed by atoms with Crippen LogP contribution >= 0.6 is 11.3 Å². The van der Waals surface area contributed by atoms with Gasteiger partial charge < -0.3 is 0 Å². The largest absolute Gasteiger partial charge is 0.292 e. The molecule has 8 aromatic carbocycles. The molecule has 0 aliphatic rings. The molecule has 0 aliphatic carbocycles. The van der Waals surface area contributed by atoms with E-state index in [4.69, 9.17) is 24.9 Å². The van der Waals surface area contributed by atoms with Gasteiger partial charge in [0.25, 0.3) is 0 Å². The van der Waals surface area contributed by atoms with Crippen LogP contribution in [-0.2, 0) is 0 Å². The number of nitrogens with zero attached hydrogens (tertiary/aromatic N) is 7. The Morgan fingerprint density at radius 3 is 1.26 bits per heavy atom. The van der Waals surface area contributed by atoms with Crippen LogP contribution in [0, 0.1) is 0 Å². The molecule has 0 atom stereocenters. The maximum absolute atomic E-state index is 5.15. The number of thiophene rings is 1. The minimum atomic E-state index is 0.592. The standard InChI is InChI=1S/C53H33N7S/c1-3-13-39(14-4-1)59-45-20-10-8-18-43(45)54-52(59)36-27-23-34(24-28-36)49-56-50(58-51(57-49)38-31-32-42-41-17-7-12-22-47(41)61-48(42)33-38)35-25-29-37(30-26-35)53-55-44-19-9-11-21-46(44)60(53)40-15-5-2-6-16-40/h1-33H. The van der Waals surface area contributed by atoms with E-state index in [0.29, 0.717) is 17.5 Å². The van der Waals surface area contributed by atoms with Crippen molar-refractivity contribution in [3.8, 4) is 68.3 Å². The normalized spacial score (nSPS) is 11.6. The third-order valence-electron chi connectivity index (χ3n) is 11.2. The van der Waals surface area contributed by atoms with Crippen molar-refractivity contribution in [2.75, 3.05) is 0 Å². The molecule has 0 fully saturated rings. The van der Waals surface area contributed by atoms with Crippen molar-refractivity contribution in [1.82, 2.24) is 34.1 Å². The molecule has 0 N–H and O–H groups in total. The van der Waals surface area contributed by atoms with Crippen molar-refractivity contribution >= 4 is 53.6 Å². The van der Waals surface area contributed by atoms with Gasteiger partial charge in [0.05, 0.1) is 22.1 Å². The fraction of sp³-hybridized carbons (Fsp3) is 0. The lowest BCUT2D eigenvalue weighted by Crippen LogP contribution is -2.01. The number of fused-ring (bicyclic) bond motifs is 5. The van der Waals surface area contributed by atoms with Gasteiger partial charge in [0.15, 0.2) is 17.5 Å². The van der Waals surface area contributed by atoms with Crippen molar-refractivity contribution in [2.24, 2.45) is 0 Å². The second kappa shape index (κ2) is 14.3. The predicted molar refractivity (Wildman–Crippen MR) is 249 cm³/mol. The Kier molecular flexibility index (Phi) is 8.21. The zero-order valence-electron chi connectivity index (χ0n) is 32.6. The van der Waals surface area contributed by atoms with Crippen LogP contribution in [0.25, 0.3) is 111 Å². The summed E-state index contributed by atoms with van der Waals surface area (Å²) in [6.07, 6.45) is 0. The summed E-state index contributed by atoms with van der Waals surface area (Å²) in [5.41, 5.74) is 10.8. The third-order valence-corrected chi connectivity index (χ3v) is 12.4. The molecule has 0 bridgehead atoms. The van der Waals surface area contributed by atoms with E-state index in [-0.39, 0.29) is 0 Å². The first-order chi connectivity index (χ1) is 30.2. The second-order valence-electron chi connectivity index (χ2n) is 15.0. The number of para-hydroxylation sites is 6. The van der Waals surface area contributed by atoms with E-state index < -0.39 is 0 Å². The summed E-state index contributed by atoms with van der Waals surface area (Å²) >= 11 is 1.79. The lowest BCUT2D eigenvalue weighted by atomic mass is 10.1. The van der Waals surface area contributed by atoms with Crippen LogP contribution in [0.15, 0.2) is 200 Å². The van der Waals surface area contributed by atoms with Gasteiger partial charge in [-0.1, -0.05) is 140 Å². The first-order valence-electron chi connectivity index (χ1n) is 20.2. The van der Waals surface area contributed by atoms with E-state index in [0.717, 1.165) is 72.9 Å². The Bertz CT molecular complexity index is 3390. The number of imidazole rings is 2. The smallest absolute Gasteiger partial charge is 0.164 e. The average molecular weight is 800 g/mol. The molecule has 12 aromatic rings. The number of benzene rings is 8. The Labute approximate surface area is 354 Å². The lowest BCUT2D eigenvalue weighted by molar-refractivity contribution is 1.07. The van der Waals surface area contributed by atoms with Gasteiger partial charge in [-0.05, 0) is 60.7 Å². The summed E-state index contributed by atoms with van der Waals surface area (Å²) in [4.78, 5) is 25.6. The monoisotopic (exact) mass is 799 g/mol. The molecule has 0 saturated carbocycles. The molecule has 0 aliphatic heterocycles. The number of rotatable bonds is 7. The second-order valence-corrected chi connectivity index (χ2v) is 16.0. The van der Waals surface area contributed by atoms with Gasteiger partial charge in [0.1, 0.15) is 11.6 Å². The Balaban J connectivity index is 0.974. The van der Waals surface area contributed by atoms with Gasteiger partial charge in [-0.25, -0.2) is 24.9 Å². The highest BCUT2D eigenvalue weighted by Crippen LogP contribution is 2.37. The molecule has 4 heterocycles. The maximum atomic E-state index is 5.15. The van der Waals surface area contributed by atoms with Crippen LogP contribution in [0.4, 0.5) is 0 Å². The zero-order valence-corrected chi connectivity index (χ0v) is 33.4. The quantitative estimate of drug-likeness (QED) is 0.160. The van der Waals surface area contributed by atoms with Gasteiger partial charge in [-0.3, -0.25) is 9.13 Å². The molecule has 8 heteroatoms. The molecular formula is C53H33N7S. The summed E-state index contributed by atoms with van der Waals surface area (Å²) in [7, 11) is 0. The number of hydrogen-bond acceptors (Lipinski definition) is 6. The fourth-order valence-electron chi connectivity index (χ4n) is 8.28. The number of aromatic nitrogens is 7. The van der Waals surface area contributed by atoms with Gasteiger partial charge in [0, 0.05) is 59.4 Å². The van der Waals surface area contributed by atoms with Crippen molar-refractivity contribution < 1.29 is 0 Å². The van der Waals surface area contributed by atoms with Crippen LogP contribution in [-0.4, -0.2) is 34.1 Å². The summed E-state index contributed by atoms with van der Waals surface area (Å²) in [5, 5.41) is 2.49. The highest BCUT2D eigenvalue weighted by Gasteiger charge is 2.19. The van der Waals surface area contributed by atoms with Crippen molar-refractivity contribution in [3.63, 3.8) is 0 Å². The number of hydrogen-bond donors (Lipinski definition) is 0.